The van der Waals surface area contributed by atoms with Crippen molar-refractivity contribution in [2.75, 3.05) is 13.1 Å². The first-order valence-corrected chi connectivity index (χ1v) is 8.33. The summed E-state index contributed by atoms with van der Waals surface area (Å²) in [6.07, 6.45) is 3.62. The van der Waals surface area contributed by atoms with E-state index in [0.29, 0.717) is 30.7 Å². The Morgan fingerprint density at radius 1 is 1.26 bits per heavy atom. The van der Waals surface area contributed by atoms with E-state index in [2.05, 4.69) is 11.9 Å². The number of fused-ring (bicyclic) bond motifs is 1. The van der Waals surface area contributed by atoms with Crippen LogP contribution in [0.25, 0.3) is 11.0 Å². The van der Waals surface area contributed by atoms with Crippen LogP contribution < -0.4 is 5.43 Å². The van der Waals surface area contributed by atoms with Gasteiger partial charge in [0.2, 0.25) is 5.43 Å². The minimum Gasteiger partial charge on any atom is -0.339 e. The van der Waals surface area contributed by atoms with Crippen LogP contribution in [0.4, 0.5) is 0 Å². The lowest BCUT2D eigenvalue weighted by molar-refractivity contribution is 0.0760. The molecular formula is C18H25N3O2. The molecule has 0 aliphatic rings. The molecule has 0 aliphatic heterocycles. The summed E-state index contributed by atoms with van der Waals surface area (Å²) in [5.41, 5.74) is 1.52. The average Bonchev–Trinajstić information content (AvgIpc) is 2.55. The summed E-state index contributed by atoms with van der Waals surface area (Å²) < 4.78 is 1.88. The summed E-state index contributed by atoms with van der Waals surface area (Å²) in [4.78, 5) is 31.7. The summed E-state index contributed by atoms with van der Waals surface area (Å²) >= 11 is 0. The highest BCUT2D eigenvalue weighted by Gasteiger charge is 2.20. The van der Waals surface area contributed by atoms with Gasteiger partial charge in [-0.15, -0.1) is 0 Å². The van der Waals surface area contributed by atoms with Gasteiger partial charge in [-0.3, -0.25) is 9.59 Å². The van der Waals surface area contributed by atoms with Gasteiger partial charge in [-0.2, -0.15) is 0 Å². The predicted octanol–water partition coefficient (Wildman–Crippen LogP) is 2.99. The summed E-state index contributed by atoms with van der Waals surface area (Å²) in [7, 11) is 0. The Balaban J connectivity index is 2.57. The zero-order chi connectivity index (χ0) is 17.0. The minimum atomic E-state index is -0.225. The summed E-state index contributed by atoms with van der Waals surface area (Å²) in [5.74, 6) is -0.185. The fourth-order valence-electron chi connectivity index (χ4n) is 2.68. The number of aromatic nitrogens is 2. The maximum Gasteiger partial charge on any atom is 0.259 e. The van der Waals surface area contributed by atoms with Crippen LogP contribution in [0.5, 0.6) is 0 Å². The van der Waals surface area contributed by atoms with Gasteiger partial charge in [-0.25, -0.2) is 4.98 Å². The lowest BCUT2D eigenvalue weighted by Crippen LogP contribution is -2.35. The minimum absolute atomic E-state index is 0.185. The molecule has 0 saturated heterocycles. The first kappa shape index (κ1) is 17.2. The normalized spacial score (nSPS) is 11.0. The highest BCUT2D eigenvalue weighted by molar-refractivity contribution is 5.96. The molecule has 0 aromatic carbocycles. The largest absolute Gasteiger partial charge is 0.339 e. The number of hydrogen-bond acceptors (Lipinski definition) is 3. The lowest BCUT2D eigenvalue weighted by Gasteiger charge is -2.21. The Hall–Kier alpha value is -2.17. The Labute approximate surface area is 136 Å². The molecule has 0 aliphatic carbocycles. The van der Waals surface area contributed by atoms with Crippen molar-refractivity contribution in [3.63, 3.8) is 0 Å². The van der Waals surface area contributed by atoms with Crippen LogP contribution in [0.15, 0.2) is 23.1 Å². The van der Waals surface area contributed by atoms with Gasteiger partial charge in [0.25, 0.3) is 5.91 Å². The Morgan fingerprint density at radius 3 is 2.61 bits per heavy atom. The number of aryl methyl sites for hydroxylation is 2. The van der Waals surface area contributed by atoms with E-state index in [9.17, 15) is 9.59 Å². The molecule has 0 atom stereocenters. The summed E-state index contributed by atoms with van der Waals surface area (Å²) in [6, 6.07) is 3.58. The van der Waals surface area contributed by atoms with Crippen molar-refractivity contribution in [2.45, 2.75) is 47.1 Å². The molecule has 2 rings (SSSR count). The van der Waals surface area contributed by atoms with E-state index in [-0.39, 0.29) is 16.9 Å². The number of hydrogen-bond donors (Lipinski definition) is 0. The van der Waals surface area contributed by atoms with Gasteiger partial charge in [0.05, 0.1) is 5.39 Å². The molecule has 0 bridgehead atoms. The van der Waals surface area contributed by atoms with Crippen LogP contribution in [0.1, 0.15) is 49.7 Å². The molecule has 5 nitrogen and oxygen atoms in total. The first-order chi connectivity index (χ1) is 11.0. The Kier molecular flexibility index (Phi) is 5.53. The highest BCUT2D eigenvalue weighted by atomic mass is 16.2. The van der Waals surface area contributed by atoms with Crippen LogP contribution in [0, 0.1) is 6.92 Å². The number of rotatable bonds is 6. The molecule has 0 unspecified atom stereocenters. The van der Waals surface area contributed by atoms with E-state index in [4.69, 9.17) is 0 Å². The SMILES string of the molecule is CCCCN(CC)C(=O)c1cn(CC)c2nc(C)ccc2c1=O. The molecule has 1 amide bonds. The smallest absolute Gasteiger partial charge is 0.259 e. The van der Waals surface area contributed by atoms with E-state index >= 15 is 0 Å². The Morgan fingerprint density at radius 2 is 2.00 bits per heavy atom. The zero-order valence-electron chi connectivity index (χ0n) is 14.4. The van der Waals surface area contributed by atoms with E-state index in [1.165, 1.54) is 0 Å². The van der Waals surface area contributed by atoms with Crippen molar-refractivity contribution < 1.29 is 4.79 Å². The van der Waals surface area contributed by atoms with Gasteiger partial charge in [-0.1, -0.05) is 13.3 Å². The third-order valence-corrected chi connectivity index (χ3v) is 4.08. The lowest BCUT2D eigenvalue weighted by atomic mass is 10.1. The van der Waals surface area contributed by atoms with Crippen molar-refractivity contribution >= 4 is 16.9 Å². The van der Waals surface area contributed by atoms with Crippen molar-refractivity contribution in [1.29, 1.82) is 0 Å². The topological polar surface area (TPSA) is 55.2 Å². The number of pyridine rings is 2. The molecule has 0 spiro atoms. The molecule has 0 saturated carbocycles. The van der Waals surface area contributed by atoms with Crippen LogP contribution in [-0.4, -0.2) is 33.4 Å². The zero-order valence-corrected chi connectivity index (χ0v) is 14.4. The standard InChI is InChI=1S/C18H25N3O2/c1-5-8-11-20(6-2)18(23)15-12-21(7-3)17-14(16(15)22)10-9-13(4)19-17/h9-10,12H,5-8,11H2,1-4H3. The van der Waals surface area contributed by atoms with Gasteiger partial charge < -0.3 is 9.47 Å². The van der Waals surface area contributed by atoms with Crippen molar-refractivity contribution in [3.8, 4) is 0 Å². The van der Waals surface area contributed by atoms with E-state index in [0.717, 1.165) is 18.5 Å². The predicted molar refractivity (Wildman–Crippen MR) is 92.9 cm³/mol. The summed E-state index contributed by atoms with van der Waals surface area (Å²) in [6.45, 7) is 9.86. The van der Waals surface area contributed by atoms with Crippen molar-refractivity contribution in [2.24, 2.45) is 0 Å². The molecule has 5 heteroatoms. The van der Waals surface area contributed by atoms with E-state index in [1.807, 2.05) is 31.4 Å². The van der Waals surface area contributed by atoms with Gasteiger partial charge in [0.1, 0.15) is 11.2 Å². The van der Waals surface area contributed by atoms with Gasteiger partial charge in [-0.05, 0) is 39.3 Å². The first-order valence-electron chi connectivity index (χ1n) is 8.33. The molecule has 23 heavy (non-hydrogen) atoms. The van der Waals surface area contributed by atoms with Crippen LogP contribution >= 0.6 is 0 Å². The third kappa shape index (κ3) is 3.44. The number of amides is 1. The number of carbonyl (C=O) groups is 1. The number of unbranched alkanes of at least 4 members (excludes halogenated alkanes) is 1. The monoisotopic (exact) mass is 315 g/mol. The molecule has 2 aromatic heterocycles. The molecule has 0 fully saturated rings. The maximum absolute atomic E-state index is 12.8. The maximum atomic E-state index is 12.8. The van der Waals surface area contributed by atoms with Gasteiger partial charge >= 0.3 is 0 Å². The molecule has 0 radical (unpaired) electrons. The quantitative estimate of drug-likeness (QED) is 0.823. The average molecular weight is 315 g/mol. The molecule has 124 valence electrons. The van der Waals surface area contributed by atoms with Gasteiger partial charge in [0, 0.05) is 31.5 Å². The van der Waals surface area contributed by atoms with Crippen LogP contribution in [0.2, 0.25) is 0 Å². The molecule has 0 N–H and O–H groups in total. The van der Waals surface area contributed by atoms with Crippen LogP contribution in [0.3, 0.4) is 0 Å². The van der Waals surface area contributed by atoms with Crippen LogP contribution in [-0.2, 0) is 6.54 Å². The number of nitrogens with zero attached hydrogens (tertiary/aromatic N) is 3. The molecule has 2 heterocycles. The second-order valence-corrected chi connectivity index (χ2v) is 5.72. The summed E-state index contributed by atoms with van der Waals surface area (Å²) in [5, 5.41) is 0.509. The second-order valence-electron chi connectivity index (χ2n) is 5.72. The number of carbonyl (C=O) groups excluding carboxylic acids is 1. The third-order valence-electron chi connectivity index (χ3n) is 4.08. The fourth-order valence-corrected chi connectivity index (χ4v) is 2.68. The molecular weight excluding hydrogens is 290 g/mol. The van der Waals surface area contributed by atoms with Gasteiger partial charge in [0.15, 0.2) is 0 Å². The van der Waals surface area contributed by atoms with Crippen molar-refractivity contribution in [3.05, 3.63) is 39.8 Å². The van der Waals surface area contributed by atoms with E-state index < -0.39 is 0 Å². The molecule has 2 aromatic rings. The highest BCUT2D eigenvalue weighted by Crippen LogP contribution is 2.12. The fraction of sp³-hybridized carbons (Fsp3) is 0.500. The van der Waals surface area contributed by atoms with Crippen molar-refractivity contribution in [1.82, 2.24) is 14.5 Å². The van der Waals surface area contributed by atoms with E-state index in [1.54, 1.807) is 17.2 Å². The Bertz CT molecular complexity index is 765. The second kappa shape index (κ2) is 7.40.